The van der Waals surface area contributed by atoms with E-state index in [9.17, 15) is 13.6 Å². The lowest BCUT2D eigenvalue weighted by molar-refractivity contribution is -0.136. The summed E-state index contributed by atoms with van der Waals surface area (Å²) in [4.78, 5) is 17.0. The fourth-order valence-electron chi connectivity index (χ4n) is 3.07. The molecule has 4 nitrogen and oxygen atoms in total. The quantitative estimate of drug-likeness (QED) is 0.653. The number of ether oxygens (including phenoxy) is 1. The summed E-state index contributed by atoms with van der Waals surface area (Å²) in [5.74, 6) is 0.103. The third-order valence-electron chi connectivity index (χ3n) is 4.47. The Morgan fingerprint density at radius 3 is 2.11 bits per heavy atom. The first-order chi connectivity index (χ1) is 13.0. The third-order valence-corrected chi connectivity index (χ3v) is 4.47. The van der Waals surface area contributed by atoms with Gasteiger partial charge in [0, 0.05) is 13.6 Å². The number of hydrogen-bond acceptors (Lipinski definition) is 3. The fraction of sp³-hybridized carbons (Fsp3) is 0.381. The summed E-state index contributed by atoms with van der Waals surface area (Å²) >= 11 is 0. The Kier molecular flexibility index (Phi) is 7.73. The van der Waals surface area contributed by atoms with Crippen LogP contribution in [0.25, 0.3) is 0 Å². The van der Waals surface area contributed by atoms with E-state index in [0.29, 0.717) is 6.54 Å². The van der Waals surface area contributed by atoms with E-state index in [0.717, 1.165) is 24.2 Å². The molecule has 146 valence electrons. The van der Waals surface area contributed by atoms with Gasteiger partial charge in [-0.05, 0) is 36.3 Å². The molecule has 0 aliphatic heterocycles. The number of benzene rings is 2. The van der Waals surface area contributed by atoms with E-state index >= 15 is 0 Å². The second kappa shape index (κ2) is 10.0. The maximum atomic E-state index is 13.2. The molecule has 2 aromatic carbocycles. The number of rotatable bonds is 9. The SMILES string of the molecule is CCN(CC)C(C(=O)N(C)Cc1ccc(OC(F)F)cc1)c1ccccc1. The number of amides is 1. The van der Waals surface area contributed by atoms with Gasteiger partial charge in [0.1, 0.15) is 11.8 Å². The lowest BCUT2D eigenvalue weighted by atomic mass is 10.0. The Labute approximate surface area is 159 Å². The first-order valence-corrected chi connectivity index (χ1v) is 9.04. The van der Waals surface area contributed by atoms with Crippen LogP contribution in [0.5, 0.6) is 5.75 Å². The van der Waals surface area contributed by atoms with Gasteiger partial charge in [0.15, 0.2) is 0 Å². The molecule has 1 atom stereocenters. The van der Waals surface area contributed by atoms with Crippen LogP contribution in [0.4, 0.5) is 8.78 Å². The fourth-order valence-corrected chi connectivity index (χ4v) is 3.07. The molecule has 2 aromatic rings. The van der Waals surface area contributed by atoms with Crippen molar-refractivity contribution >= 4 is 5.91 Å². The van der Waals surface area contributed by atoms with Crippen LogP contribution in [0.15, 0.2) is 54.6 Å². The molecule has 0 heterocycles. The zero-order valence-electron chi connectivity index (χ0n) is 15.9. The molecule has 0 aliphatic rings. The van der Waals surface area contributed by atoms with Crippen LogP contribution in [-0.4, -0.2) is 42.5 Å². The van der Waals surface area contributed by atoms with Gasteiger partial charge in [-0.3, -0.25) is 9.69 Å². The first kappa shape index (κ1) is 20.8. The van der Waals surface area contributed by atoms with Gasteiger partial charge >= 0.3 is 6.61 Å². The summed E-state index contributed by atoms with van der Waals surface area (Å²) in [5.41, 5.74) is 1.80. The Bertz CT molecular complexity index is 704. The predicted molar refractivity (Wildman–Crippen MR) is 102 cm³/mol. The molecule has 1 unspecified atom stereocenters. The molecule has 27 heavy (non-hydrogen) atoms. The topological polar surface area (TPSA) is 32.8 Å². The van der Waals surface area contributed by atoms with Crippen molar-refractivity contribution in [2.24, 2.45) is 0 Å². The molecular weight excluding hydrogens is 350 g/mol. The maximum absolute atomic E-state index is 13.2. The molecule has 0 aliphatic carbocycles. The van der Waals surface area contributed by atoms with Gasteiger partial charge < -0.3 is 9.64 Å². The van der Waals surface area contributed by atoms with Crippen molar-refractivity contribution in [3.63, 3.8) is 0 Å². The molecule has 0 radical (unpaired) electrons. The minimum Gasteiger partial charge on any atom is -0.435 e. The van der Waals surface area contributed by atoms with E-state index in [1.165, 1.54) is 12.1 Å². The zero-order chi connectivity index (χ0) is 19.8. The normalized spacial score (nSPS) is 12.3. The highest BCUT2D eigenvalue weighted by atomic mass is 19.3. The number of halogens is 2. The van der Waals surface area contributed by atoms with E-state index in [-0.39, 0.29) is 17.7 Å². The van der Waals surface area contributed by atoms with Crippen LogP contribution < -0.4 is 4.74 Å². The summed E-state index contributed by atoms with van der Waals surface area (Å²) < 4.78 is 28.9. The van der Waals surface area contributed by atoms with E-state index in [1.54, 1.807) is 24.1 Å². The van der Waals surface area contributed by atoms with Crippen LogP contribution in [0.2, 0.25) is 0 Å². The summed E-state index contributed by atoms with van der Waals surface area (Å²) in [7, 11) is 1.76. The maximum Gasteiger partial charge on any atom is 0.387 e. The molecule has 0 spiro atoms. The van der Waals surface area contributed by atoms with Gasteiger partial charge in [0.25, 0.3) is 0 Å². The summed E-state index contributed by atoms with van der Waals surface area (Å²) in [6.45, 7) is 3.13. The van der Waals surface area contributed by atoms with Crippen LogP contribution in [0.3, 0.4) is 0 Å². The summed E-state index contributed by atoms with van der Waals surface area (Å²) in [6, 6.07) is 15.7. The molecule has 0 aromatic heterocycles. The minimum atomic E-state index is -2.85. The van der Waals surface area contributed by atoms with Crippen molar-refractivity contribution in [2.75, 3.05) is 20.1 Å². The van der Waals surface area contributed by atoms with Crippen molar-refractivity contribution in [3.05, 3.63) is 65.7 Å². The molecule has 0 N–H and O–H groups in total. The summed E-state index contributed by atoms with van der Waals surface area (Å²) in [6.07, 6.45) is 0. The van der Waals surface area contributed by atoms with E-state index in [4.69, 9.17) is 0 Å². The Morgan fingerprint density at radius 1 is 1.00 bits per heavy atom. The molecule has 6 heteroatoms. The lowest BCUT2D eigenvalue weighted by Crippen LogP contribution is -2.41. The van der Waals surface area contributed by atoms with E-state index < -0.39 is 6.61 Å². The molecule has 1 amide bonds. The molecule has 0 bridgehead atoms. The number of hydrogen-bond donors (Lipinski definition) is 0. The molecule has 2 rings (SSSR count). The predicted octanol–water partition coefficient (Wildman–Crippen LogP) is 4.33. The number of nitrogens with zero attached hydrogens (tertiary/aromatic N) is 2. The van der Waals surface area contributed by atoms with Crippen molar-refractivity contribution in [1.82, 2.24) is 9.80 Å². The van der Waals surface area contributed by atoms with Gasteiger partial charge in [0.2, 0.25) is 5.91 Å². The van der Waals surface area contributed by atoms with Gasteiger partial charge in [-0.2, -0.15) is 8.78 Å². The van der Waals surface area contributed by atoms with Crippen molar-refractivity contribution in [2.45, 2.75) is 33.0 Å². The van der Waals surface area contributed by atoms with Crippen molar-refractivity contribution in [1.29, 1.82) is 0 Å². The second-order valence-electron chi connectivity index (χ2n) is 6.25. The smallest absolute Gasteiger partial charge is 0.387 e. The highest BCUT2D eigenvalue weighted by Gasteiger charge is 2.28. The van der Waals surface area contributed by atoms with Crippen LogP contribution >= 0.6 is 0 Å². The number of likely N-dealkylation sites (N-methyl/N-ethyl adjacent to an activating group) is 2. The highest BCUT2D eigenvalue weighted by molar-refractivity contribution is 5.83. The third kappa shape index (κ3) is 5.76. The highest BCUT2D eigenvalue weighted by Crippen LogP contribution is 2.24. The molecule has 0 fully saturated rings. The van der Waals surface area contributed by atoms with Crippen molar-refractivity contribution in [3.8, 4) is 5.75 Å². The van der Waals surface area contributed by atoms with Gasteiger partial charge in [0.05, 0.1) is 0 Å². The average molecular weight is 376 g/mol. The lowest BCUT2D eigenvalue weighted by Gasteiger charge is -2.32. The number of alkyl halides is 2. The molecule has 0 saturated heterocycles. The standard InChI is InChI=1S/C21H26F2N2O2/c1-4-25(5-2)19(17-9-7-6-8-10-17)20(26)24(3)15-16-11-13-18(14-12-16)27-21(22)23/h6-14,19,21H,4-5,15H2,1-3H3. The monoisotopic (exact) mass is 376 g/mol. The van der Waals surface area contributed by atoms with Crippen LogP contribution in [0.1, 0.15) is 31.0 Å². The van der Waals surface area contributed by atoms with Gasteiger partial charge in [-0.25, -0.2) is 0 Å². The largest absolute Gasteiger partial charge is 0.435 e. The first-order valence-electron chi connectivity index (χ1n) is 9.04. The summed E-state index contributed by atoms with van der Waals surface area (Å²) in [5, 5.41) is 0. The van der Waals surface area contributed by atoms with Crippen LogP contribution in [-0.2, 0) is 11.3 Å². The molecule has 0 saturated carbocycles. The molecular formula is C21H26F2N2O2. The van der Waals surface area contributed by atoms with Gasteiger partial charge in [-0.1, -0.05) is 56.3 Å². The number of carbonyl (C=O) groups excluding carboxylic acids is 1. The van der Waals surface area contributed by atoms with Crippen LogP contribution in [0, 0.1) is 0 Å². The van der Waals surface area contributed by atoms with E-state index in [1.807, 2.05) is 44.2 Å². The number of carbonyl (C=O) groups is 1. The van der Waals surface area contributed by atoms with E-state index in [2.05, 4.69) is 9.64 Å². The Balaban J connectivity index is 2.14. The average Bonchev–Trinajstić information content (AvgIpc) is 2.67. The Morgan fingerprint density at radius 2 is 1.59 bits per heavy atom. The van der Waals surface area contributed by atoms with Crippen molar-refractivity contribution < 1.29 is 18.3 Å². The second-order valence-corrected chi connectivity index (χ2v) is 6.25. The minimum absolute atomic E-state index is 0.00203. The van der Waals surface area contributed by atoms with Gasteiger partial charge in [-0.15, -0.1) is 0 Å². The zero-order valence-corrected chi connectivity index (χ0v) is 15.9. The Hall–Kier alpha value is -2.47.